The van der Waals surface area contributed by atoms with Crippen molar-refractivity contribution in [2.24, 2.45) is 11.5 Å². The van der Waals surface area contributed by atoms with Gasteiger partial charge in [-0.3, -0.25) is 0 Å². The minimum absolute atomic E-state index is 0.00467. The number of hydrogen-bond donors (Lipinski definition) is 3. The van der Waals surface area contributed by atoms with Crippen molar-refractivity contribution in [1.82, 2.24) is 4.72 Å². The highest BCUT2D eigenvalue weighted by molar-refractivity contribution is 7.91. The van der Waals surface area contributed by atoms with Gasteiger partial charge in [0.05, 0.1) is 23.5 Å². The minimum Gasteiger partial charge on any atom is -0.487 e. The average Bonchev–Trinajstić information content (AvgIpc) is 3.34. The molecule has 0 aliphatic heterocycles. The van der Waals surface area contributed by atoms with Crippen LogP contribution in [0.5, 0.6) is 17.2 Å². The molecule has 0 fully saturated rings. The van der Waals surface area contributed by atoms with Gasteiger partial charge in [0.25, 0.3) is 10.0 Å². The Balaban J connectivity index is 1.87. The fraction of sp³-hybridized carbons (Fsp3) is 0.375. The van der Waals surface area contributed by atoms with Crippen LogP contribution in [0.25, 0.3) is 10.1 Å². The number of benzene rings is 2. The van der Waals surface area contributed by atoms with Crippen LogP contribution in [0.2, 0.25) is 0 Å². The second-order valence-corrected chi connectivity index (χ2v) is 12.1. The number of thiophene rings is 1. The molecular formula is C24H27F3N4O7PS2+. The molecular weight excluding hydrogens is 608 g/mol. The fourth-order valence-electron chi connectivity index (χ4n) is 3.54. The summed E-state index contributed by atoms with van der Waals surface area (Å²) in [6.45, 7) is 1.14. The van der Waals surface area contributed by atoms with Gasteiger partial charge in [0, 0.05) is 16.0 Å². The first-order valence-electron chi connectivity index (χ1n) is 12.2. The van der Waals surface area contributed by atoms with Crippen molar-refractivity contribution in [2.45, 2.75) is 30.4 Å². The number of nitrogens with zero attached hydrogens (tertiary/aromatic N) is 1. The molecule has 1 aromatic heterocycles. The first kappa shape index (κ1) is 32.5. The van der Waals surface area contributed by atoms with Crippen LogP contribution in [0.1, 0.15) is 30.9 Å². The largest absolute Gasteiger partial charge is 0.751 e. The molecule has 1 unspecified atom stereocenters. The zero-order chi connectivity index (χ0) is 30.2. The van der Waals surface area contributed by atoms with Crippen molar-refractivity contribution in [2.75, 3.05) is 33.0 Å². The molecule has 0 radical (unpaired) electrons. The molecule has 0 aliphatic rings. The monoisotopic (exact) mass is 635 g/mol. The molecule has 0 spiro atoms. The summed E-state index contributed by atoms with van der Waals surface area (Å²) in [7, 11) is -7.40. The molecule has 0 amide bonds. The molecule has 0 aliphatic carbocycles. The van der Waals surface area contributed by atoms with E-state index < -0.39 is 58.2 Å². The van der Waals surface area contributed by atoms with Crippen LogP contribution in [0.4, 0.5) is 13.2 Å². The number of nitrogens with two attached hydrogens (primary N) is 2. The van der Waals surface area contributed by atoms with E-state index in [9.17, 15) is 17.4 Å². The Morgan fingerprint density at radius 3 is 2.27 bits per heavy atom. The van der Waals surface area contributed by atoms with Crippen LogP contribution >= 0.6 is 19.6 Å². The fourth-order valence-corrected chi connectivity index (χ4v) is 6.97. The summed E-state index contributed by atoms with van der Waals surface area (Å²) in [6.07, 6.45) is 0.702. The Hall–Kier alpha value is -3.03. The summed E-state index contributed by atoms with van der Waals surface area (Å²) in [4.78, 5) is 0. The van der Waals surface area contributed by atoms with Crippen LogP contribution in [0, 0.1) is 28.8 Å². The third kappa shape index (κ3) is 7.63. The maximum Gasteiger partial charge on any atom is 0.751 e. The van der Waals surface area contributed by atoms with E-state index in [1.54, 1.807) is 13.0 Å². The Morgan fingerprint density at radius 2 is 1.71 bits per heavy atom. The van der Waals surface area contributed by atoms with E-state index in [2.05, 4.69) is 4.72 Å². The standard InChI is InChI=1S/C24H27F3N4O7PS2/c1-2-16-18-19(26)21(35-9-3-7-28)22(36-10-4-8-29)20(27)23(18)40-24(16)41(33,34)31-13-37-39(32)38-15-6-5-14(12-30)17(25)11-15/h5-6,11,31H,2-4,7-10,13,28-29H2,1H3/q+1. The number of sulfonamides is 1. The van der Waals surface area contributed by atoms with Crippen LogP contribution in [0.3, 0.4) is 0 Å². The van der Waals surface area contributed by atoms with E-state index in [0.29, 0.717) is 24.2 Å². The highest BCUT2D eigenvalue weighted by Gasteiger charge is 2.32. The molecule has 1 atom stereocenters. The summed E-state index contributed by atoms with van der Waals surface area (Å²) < 4.78 is 105. The topological polar surface area (TPSA) is 176 Å². The van der Waals surface area contributed by atoms with Gasteiger partial charge in [0.2, 0.25) is 11.5 Å². The van der Waals surface area contributed by atoms with Gasteiger partial charge in [-0.2, -0.15) is 9.98 Å². The third-order valence-electron chi connectivity index (χ3n) is 5.44. The predicted octanol–water partition coefficient (Wildman–Crippen LogP) is 4.20. The minimum atomic E-state index is -4.43. The summed E-state index contributed by atoms with van der Waals surface area (Å²) in [5.41, 5.74) is 10.7. The smallest absolute Gasteiger partial charge is 0.487 e. The Morgan fingerprint density at radius 1 is 1.07 bits per heavy atom. The number of halogens is 3. The molecule has 0 saturated heterocycles. The second-order valence-electron chi connectivity index (χ2n) is 8.18. The van der Waals surface area contributed by atoms with Crippen molar-refractivity contribution >= 4 is 39.7 Å². The lowest BCUT2D eigenvalue weighted by Gasteiger charge is -2.15. The molecule has 3 rings (SSSR count). The maximum atomic E-state index is 15.8. The summed E-state index contributed by atoms with van der Waals surface area (Å²) in [5, 5.41) is 8.49. The van der Waals surface area contributed by atoms with E-state index in [4.69, 9.17) is 35.3 Å². The van der Waals surface area contributed by atoms with Gasteiger partial charge in [0.15, 0.2) is 24.1 Å². The van der Waals surface area contributed by atoms with Gasteiger partial charge < -0.3 is 20.9 Å². The van der Waals surface area contributed by atoms with Crippen molar-refractivity contribution in [1.29, 1.82) is 5.26 Å². The first-order chi connectivity index (χ1) is 19.6. The second kappa shape index (κ2) is 14.7. The van der Waals surface area contributed by atoms with Crippen LogP contribution in [-0.4, -0.2) is 41.5 Å². The molecule has 11 nitrogen and oxygen atoms in total. The van der Waals surface area contributed by atoms with Gasteiger partial charge >= 0.3 is 8.25 Å². The van der Waals surface area contributed by atoms with Crippen LogP contribution < -0.4 is 30.2 Å². The highest BCUT2D eigenvalue weighted by Crippen LogP contribution is 2.46. The van der Waals surface area contributed by atoms with Crippen molar-refractivity contribution < 1.29 is 44.7 Å². The number of nitriles is 1. The number of fused-ring (bicyclic) bond motifs is 1. The van der Waals surface area contributed by atoms with Gasteiger partial charge in [-0.05, 0) is 50.0 Å². The average molecular weight is 636 g/mol. The van der Waals surface area contributed by atoms with Gasteiger partial charge in [-0.15, -0.1) is 11.3 Å². The zero-order valence-corrected chi connectivity index (χ0v) is 24.3. The molecule has 0 bridgehead atoms. The van der Waals surface area contributed by atoms with Crippen LogP contribution in [0.15, 0.2) is 22.4 Å². The van der Waals surface area contributed by atoms with E-state index in [0.717, 1.165) is 12.1 Å². The van der Waals surface area contributed by atoms with E-state index in [1.807, 2.05) is 0 Å². The van der Waals surface area contributed by atoms with Gasteiger partial charge in [-0.25, -0.2) is 26.1 Å². The molecule has 17 heteroatoms. The Bertz CT molecular complexity index is 1570. The summed E-state index contributed by atoms with van der Waals surface area (Å²) in [5.74, 6) is -4.11. The lowest BCUT2D eigenvalue weighted by molar-refractivity contribution is 0.247. The van der Waals surface area contributed by atoms with E-state index in [-0.39, 0.29) is 59.7 Å². The number of ether oxygens (including phenoxy) is 2. The Kier molecular flexibility index (Phi) is 11.7. The number of rotatable bonds is 16. The molecule has 1 heterocycles. The SMILES string of the molecule is CCc1c(S(=O)(=O)NCO[P+](=O)Oc2ccc(C#N)c(F)c2)sc2c(F)c(OCCCN)c(OCCCN)c(F)c12. The molecule has 2 aromatic carbocycles. The quantitative estimate of drug-likeness (QED) is 0.118. The Labute approximate surface area is 239 Å². The van der Waals surface area contributed by atoms with Gasteiger partial charge in [-0.1, -0.05) is 11.4 Å². The number of aryl methyl sites for hydroxylation is 1. The van der Waals surface area contributed by atoms with Crippen molar-refractivity contribution in [3.63, 3.8) is 0 Å². The van der Waals surface area contributed by atoms with Gasteiger partial charge in [0.1, 0.15) is 16.1 Å². The zero-order valence-electron chi connectivity index (χ0n) is 21.7. The molecule has 3 aromatic rings. The van der Waals surface area contributed by atoms with E-state index >= 15 is 8.78 Å². The first-order valence-corrected chi connectivity index (χ1v) is 15.6. The third-order valence-corrected chi connectivity index (χ3v) is 9.30. The normalized spacial score (nSPS) is 11.9. The predicted molar refractivity (Wildman–Crippen MR) is 145 cm³/mol. The molecule has 41 heavy (non-hydrogen) atoms. The lowest BCUT2D eigenvalue weighted by Crippen LogP contribution is -2.25. The number of nitrogens with one attached hydrogen (secondary N) is 1. The molecule has 0 saturated carbocycles. The van der Waals surface area contributed by atoms with Crippen molar-refractivity contribution in [3.05, 3.63) is 46.8 Å². The van der Waals surface area contributed by atoms with Crippen LogP contribution in [-0.2, 0) is 25.5 Å². The molecule has 5 N–H and O–H groups in total. The lowest BCUT2D eigenvalue weighted by atomic mass is 10.1. The number of hydrogen-bond acceptors (Lipinski definition) is 11. The van der Waals surface area contributed by atoms with Crippen molar-refractivity contribution in [3.8, 4) is 23.3 Å². The molecule has 222 valence electrons. The maximum absolute atomic E-state index is 15.8. The highest BCUT2D eigenvalue weighted by atomic mass is 32.2. The summed E-state index contributed by atoms with van der Waals surface area (Å²) >= 11 is 0.480. The van der Waals surface area contributed by atoms with E-state index in [1.165, 1.54) is 6.07 Å². The summed E-state index contributed by atoms with van der Waals surface area (Å²) in [6, 6.07) is 4.71.